The van der Waals surface area contributed by atoms with Crippen LogP contribution in [0.4, 0.5) is 0 Å². The fourth-order valence-electron chi connectivity index (χ4n) is 3.04. The number of ether oxygens (including phenoxy) is 2. The Balaban J connectivity index is 1.87. The lowest BCUT2D eigenvalue weighted by atomic mass is 9.73. The van der Waals surface area contributed by atoms with Crippen LogP contribution >= 0.6 is 0 Å². The van der Waals surface area contributed by atoms with Crippen LogP contribution in [-0.4, -0.2) is 37.4 Å². The van der Waals surface area contributed by atoms with Crippen LogP contribution in [0.5, 0.6) is 11.5 Å². The van der Waals surface area contributed by atoms with Crippen LogP contribution in [-0.2, 0) is 4.65 Å². The molecule has 2 aromatic rings. The SMILES string of the molecule is CCCOc1cc(-c2cccc([C@H]3CCOB(O)C3)n2)ccc1OC. The average Bonchev–Trinajstić information content (AvgIpc) is 2.66. The Kier molecular flexibility index (Phi) is 5.94. The van der Waals surface area contributed by atoms with E-state index in [2.05, 4.69) is 6.92 Å². The van der Waals surface area contributed by atoms with Gasteiger partial charge in [-0.2, -0.15) is 0 Å². The van der Waals surface area contributed by atoms with E-state index in [0.29, 0.717) is 19.5 Å². The molecule has 0 radical (unpaired) electrons. The molecule has 0 bridgehead atoms. The third-order valence-electron chi connectivity index (χ3n) is 4.37. The number of hydrogen-bond donors (Lipinski definition) is 1. The third-order valence-corrected chi connectivity index (χ3v) is 4.37. The van der Waals surface area contributed by atoms with E-state index >= 15 is 0 Å². The van der Waals surface area contributed by atoms with Crippen molar-refractivity contribution in [3.05, 3.63) is 42.1 Å². The highest BCUT2D eigenvalue weighted by Gasteiger charge is 2.27. The molecule has 1 aliphatic rings. The van der Waals surface area contributed by atoms with Gasteiger partial charge in [-0.15, -0.1) is 0 Å². The number of benzene rings is 1. The molecule has 0 unspecified atom stereocenters. The molecular weight excluding hydrogens is 317 g/mol. The van der Waals surface area contributed by atoms with E-state index in [9.17, 15) is 5.02 Å². The minimum absolute atomic E-state index is 0.220. The van der Waals surface area contributed by atoms with E-state index in [1.54, 1.807) is 7.11 Å². The number of rotatable bonds is 6. The van der Waals surface area contributed by atoms with Gasteiger partial charge in [-0.3, -0.25) is 4.98 Å². The number of aromatic nitrogens is 1. The minimum atomic E-state index is -0.695. The second-order valence-corrected chi connectivity index (χ2v) is 6.21. The largest absolute Gasteiger partial charge is 0.493 e. The van der Waals surface area contributed by atoms with E-state index in [4.69, 9.17) is 19.1 Å². The van der Waals surface area contributed by atoms with Gasteiger partial charge in [-0.1, -0.05) is 13.0 Å². The highest BCUT2D eigenvalue weighted by molar-refractivity contribution is 6.43. The van der Waals surface area contributed by atoms with Crippen LogP contribution in [0.25, 0.3) is 11.3 Å². The first-order valence-corrected chi connectivity index (χ1v) is 8.79. The van der Waals surface area contributed by atoms with Crippen molar-refractivity contribution in [1.82, 2.24) is 4.98 Å². The Labute approximate surface area is 149 Å². The predicted molar refractivity (Wildman–Crippen MR) is 98.1 cm³/mol. The van der Waals surface area contributed by atoms with Gasteiger partial charge in [-0.05, 0) is 49.5 Å². The van der Waals surface area contributed by atoms with Crippen molar-refractivity contribution in [3.8, 4) is 22.8 Å². The van der Waals surface area contributed by atoms with Crippen molar-refractivity contribution >= 4 is 7.12 Å². The topological polar surface area (TPSA) is 60.8 Å². The molecule has 1 atom stereocenters. The number of methoxy groups -OCH3 is 1. The molecule has 1 aliphatic heterocycles. The highest BCUT2D eigenvalue weighted by Crippen LogP contribution is 2.33. The molecule has 0 spiro atoms. The first kappa shape index (κ1) is 17.8. The van der Waals surface area contributed by atoms with Crippen LogP contribution in [0.2, 0.25) is 6.32 Å². The molecule has 1 N–H and O–H groups in total. The standard InChI is InChI=1S/C19H24BNO4/c1-3-10-24-19-12-14(7-8-18(19)23-2)16-5-4-6-17(21-16)15-9-11-25-20(22)13-15/h4-8,12,15,22H,3,9-11,13H2,1-2H3/t15-/m0/s1. The van der Waals surface area contributed by atoms with Crippen LogP contribution in [0.1, 0.15) is 31.4 Å². The molecule has 1 fully saturated rings. The molecule has 6 heteroatoms. The summed E-state index contributed by atoms with van der Waals surface area (Å²) in [6.07, 6.45) is 2.40. The molecule has 2 heterocycles. The van der Waals surface area contributed by atoms with E-state index < -0.39 is 7.12 Å². The molecule has 1 saturated heterocycles. The Bertz CT molecular complexity index is 710. The first-order valence-electron chi connectivity index (χ1n) is 8.79. The van der Waals surface area contributed by atoms with Crippen molar-refractivity contribution in [2.24, 2.45) is 0 Å². The lowest BCUT2D eigenvalue weighted by Crippen LogP contribution is -2.28. The zero-order valence-corrected chi connectivity index (χ0v) is 14.8. The van der Waals surface area contributed by atoms with Crippen LogP contribution in [0.3, 0.4) is 0 Å². The lowest BCUT2D eigenvalue weighted by molar-refractivity contribution is 0.218. The molecule has 132 valence electrons. The summed E-state index contributed by atoms with van der Waals surface area (Å²) in [7, 11) is 0.947. The molecule has 1 aromatic heterocycles. The quantitative estimate of drug-likeness (QED) is 0.815. The summed E-state index contributed by atoms with van der Waals surface area (Å²) in [5.74, 6) is 1.68. The van der Waals surface area contributed by atoms with E-state index in [1.807, 2.05) is 36.4 Å². The van der Waals surface area contributed by atoms with Gasteiger partial charge in [0.1, 0.15) is 0 Å². The molecule has 5 nitrogen and oxygen atoms in total. The summed E-state index contributed by atoms with van der Waals surface area (Å²) in [4.78, 5) is 4.81. The van der Waals surface area contributed by atoms with E-state index in [0.717, 1.165) is 41.3 Å². The van der Waals surface area contributed by atoms with Crippen molar-refractivity contribution in [1.29, 1.82) is 0 Å². The molecule has 1 aromatic carbocycles. The Morgan fingerprint density at radius 2 is 2.16 bits per heavy atom. The second-order valence-electron chi connectivity index (χ2n) is 6.21. The lowest BCUT2D eigenvalue weighted by Gasteiger charge is -2.23. The van der Waals surface area contributed by atoms with Crippen molar-refractivity contribution in [2.45, 2.75) is 32.0 Å². The molecular formula is C19H24BNO4. The normalized spacial score (nSPS) is 17.4. The number of hydrogen-bond acceptors (Lipinski definition) is 5. The summed E-state index contributed by atoms with van der Waals surface area (Å²) in [6, 6.07) is 11.9. The fourth-order valence-corrected chi connectivity index (χ4v) is 3.04. The second kappa shape index (κ2) is 8.36. The summed E-state index contributed by atoms with van der Waals surface area (Å²) in [5.41, 5.74) is 2.87. The van der Waals surface area contributed by atoms with Gasteiger partial charge in [0.2, 0.25) is 0 Å². The van der Waals surface area contributed by atoms with Gasteiger partial charge in [0, 0.05) is 23.8 Å². The van der Waals surface area contributed by atoms with Gasteiger partial charge >= 0.3 is 7.12 Å². The minimum Gasteiger partial charge on any atom is -0.493 e. The van der Waals surface area contributed by atoms with Gasteiger partial charge < -0.3 is 19.2 Å². The third kappa shape index (κ3) is 4.33. The van der Waals surface area contributed by atoms with Gasteiger partial charge in [0.15, 0.2) is 11.5 Å². The summed E-state index contributed by atoms with van der Waals surface area (Å²) < 4.78 is 16.4. The molecule has 0 aliphatic carbocycles. The first-order chi connectivity index (χ1) is 12.2. The van der Waals surface area contributed by atoms with Crippen LogP contribution in [0, 0.1) is 0 Å². The van der Waals surface area contributed by atoms with Gasteiger partial charge in [-0.25, -0.2) is 0 Å². The van der Waals surface area contributed by atoms with E-state index in [-0.39, 0.29) is 5.92 Å². The van der Waals surface area contributed by atoms with Gasteiger partial charge in [0.25, 0.3) is 0 Å². The summed E-state index contributed by atoms with van der Waals surface area (Å²) >= 11 is 0. The van der Waals surface area contributed by atoms with Crippen molar-refractivity contribution < 1.29 is 19.2 Å². The Morgan fingerprint density at radius 3 is 2.92 bits per heavy atom. The van der Waals surface area contributed by atoms with Gasteiger partial charge in [0.05, 0.1) is 19.4 Å². The fraction of sp³-hybridized carbons (Fsp3) is 0.421. The van der Waals surface area contributed by atoms with E-state index in [1.165, 1.54) is 0 Å². The van der Waals surface area contributed by atoms with Crippen molar-refractivity contribution in [2.75, 3.05) is 20.3 Å². The van der Waals surface area contributed by atoms with Crippen molar-refractivity contribution in [3.63, 3.8) is 0 Å². The monoisotopic (exact) mass is 341 g/mol. The van der Waals surface area contributed by atoms with Crippen LogP contribution < -0.4 is 9.47 Å². The zero-order valence-electron chi connectivity index (χ0n) is 14.8. The Morgan fingerprint density at radius 1 is 1.28 bits per heavy atom. The smallest absolute Gasteiger partial charge is 0.454 e. The number of pyridine rings is 1. The maximum absolute atomic E-state index is 9.72. The molecule has 0 amide bonds. The molecule has 25 heavy (non-hydrogen) atoms. The molecule has 3 rings (SSSR count). The predicted octanol–water partition coefficient (Wildman–Crippen LogP) is 3.53. The maximum atomic E-state index is 9.72. The van der Waals surface area contributed by atoms with Crippen LogP contribution in [0.15, 0.2) is 36.4 Å². The highest BCUT2D eigenvalue weighted by atomic mass is 16.5. The average molecular weight is 341 g/mol. The number of nitrogens with zero attached hydrogens (tertiary/aromatic N) is 1. The molecule has 0 saturated carbocycles. The summed E-state index contributed by atoms with van der Waals surface area (Å²) in [6.45, 7) is 3.28. The summed E-state index contributed by atoms with van der Waals surface area (Å²) in [5, 5.41) is 9.72. The maximum Gasteiger partial charge on any atom is 0.454 e. The zero-order chi connectivity index (χ0) is 17.6. The Hall–Kier alpha value is -2.05.